The normalized spacial score (nSPS) is 19.3. The maximum atomic E-state index is 9.32. The molecule has 2 rings (SSSR count). The molecule has 3 nitrogen and oxygen atoms in total. The molecule has 0 spiro atoms. The minimum absolute atomic E-state index is 0.368. The van der Waals surface area contributed by atoms with Crippen molar-refractivity contribution in [1.29, 1.82) is 5.26 Å². The zero-order valence-electron chi connectivity index (χ0n) is 9.27. The molecule has 1 atom stereocenters. The first-order chi connectivity index (χ1) is 7.14. The molecule has 0 aromatic carbocycles. The Hall–Kier alpha value is -1.43. The molecule has 3 heteroatoms. The van der Waals surface area contributed by atoms with Crippen LogP contribution in [-0.4, -0.2) is 4.98 Å². The number of aryl methyl sites for hydroxylation is 1. The van der Waals surface area contributed by atoms with Crippen molar-refractivity contribution < 1.29 is 4.57 Å². The van der Waals surface area contributed by atoms with Crippen molar-refractivity contribution in [3.05, 3.63) is 24.3 Å². The number of nitriles is 1. The van der Waals surface area contributed by atoms with Crippen molar-refractivity contribution in [2.75, 3.05) is 0 Å². The SMILES string of the molecule is C[n+]1cncc(C(C)(C#N)CC2CC2)c1. The van der Waals surface area contributed by atoms with E-state index < -0.39 is 0 Å². The van der Waals surface area contributed by atoms with E-state index in [1.54, 1.807) is 6.33 Å². The van der Waals surface area contributed by atoms with Crippen molar-refractivity contribution >= 4 is 0 Å². The van der Waals surface area contributed by atoms with Crippen LogP contribution >= 0.6 is 0 Å². The summed E-state index contributed by atoms with van der Waals surface area (Å²) in [7, 11) is 1.94. The van der Waals surface area contributed by atoms with Crippen LogP contribution in [-0.2, 0) is 12.5 Å². The van der Waals surface area contributed by atoms with E-state index in [4.69, 9.17) is 0 Å². The molecule has 1 aromatic heterocycles. The molecule has 0 N–H and O–H groups in total. The molecule has 0 bridgehead atoms. The zero-order chi connectivity index (χ0) is 10.9. The van der Waals surface area contributed by atoms with Crippen molar-refractivity contribution in [3.63, 3.8) is 0 Å². The average molecular weight is 202 g/mol. The van der Waals surface area contributed by atoms with Gasteiger partial charge < -0.3 is 0 Å². The fraction of sp³-hybridized carbons (Fsp3) is 0.583. The largest absolute Gasteiger partial charge is 0.285 e. The van der Waals surface area contributed by atoms with Crippen LogP contribution in [0.5, 0.6) is 0 Å². The second-order valence-corrected chi connectivity index (χ2v) is 4.73. The Bertz CT molecular complexity index is 404. The van der Waals surface area contributed by atoms with Gasteiger partial charge in [-0.3, -0.25) is 0 Å². The summed E-state index contributed by atoms with van der Waals surface area (Å²) in [6, 6.07) is 2.44. The predicted octanol–water partition coefficient (Wildman–Crippen LogP) is 1.49. The standard InChI is InChI=1S/C12H16N3/c1-12(8-13,5-10-3-4-10)11-6-14-9-15(2)7-11/h6-7,9-10H,3-5H2,1-2H3/q+1. The molecule has 1 unspecified atom stereocenters. The third-order valence-corrected chi connectivity index (χ3v) is 3.08. The van der Waals surface area contributed by atoms with E-state index in [1.807, 2.05) is 30.9 Å². The lowest BCUT2D eigenvalue weighted by molar-refractivity contribution is -0.675. The monoisotopic (exact) mass is 202 g/mol. The highest BCUT2D eigenvalue weighted by molar-refractivity contribution is 5.26. The van der Waals surface area contributed by atoms with Gasteiger partial charge in [0, 0.05) is 0 Å². The Labute approximate surface area is 90.4 Å². The second-order valence-electron chi connectivity index (χ2n) is 4.73. The van der Waals surface area contributed by atoms with E-state index in [0.717, 1.165) is 17.9 Å². The zero-order valence-corrected chi connectivity index (χ0v) is 9.27. The number of hydrogen-bond acceptors (Lipinski definition) is 2. The van der Waals surface area contributed by atoms with Gasteiger partial charge in [0.1, 0.15) is 6.20 Å². The van der Waals surface area contributed by atoms with Gasteiger partial charge >= 0.3 is 0 Å². The van der Waals surface area contributed by atoms with Crippen LogP contribution in [0.2, 0.25) is 0 Å². The summed E-state index contributed by atoms with van der Waals surface area (Å²) in [6.07, 6.45) is 9.09. The van der Waals surface area contributed by atoms with Gasteiger partial charge in [0.25, 0.3) is 6.33 Å². The first-order valence-electron chi connectivity index (χ1n) is 5.36. The molecular weight excluding hydrogens is 186 g/mol. The molecular formula is C12H16N3+. The van der Waals surface area contributed by atoms with Crippen LogP contribution in [0.1, 0.15) is 31.7 Å². The van der Waals surface area contributed by atoms with E-state index in [9.17, 15) is 5.26 Å². The number of nitrogens with zero attached hydrogens (tertiary/aromatic N) is 3. The lowest BCUT2D eigenvalue weighted by Crippen LogP contribution is -2.32. The van der Waals surface area contributed by atoms with Crippen LogP contribution in [0.15, 0.2) is 18.7 Å². The van der Waals surface area contributed by atoms with Gasteiger partial charge in [-0.15, -0.1) is 0 Å². The molecule has 0 radical (unpaired) electrons. The predicted molar refractivity (Wildman–Crippen MR) is 55.7 cm³/mol. The number of rotatable bonds is 3. The highest BCUT2D eigenvalue weighted by Crippen LogP contribution is 2.41. The summed E-state index contributed by atoms with van der Waals surface area (Å²) >= 11 is 0. The van der Waals surface area contributed by atoms with E-state index in [0.29, 0.717) is 0 Å². The molecule has 1 aromatic rings. The van der Waals surface area contributed by atoms with Crippen LogP contribution in [0.4, 0.5) is 0 Å². The van der Waals surface area contributed by atoms with Crippen LogP contribution in [0, 0.1) is 17.2 Å². The van der Waals surface area contributed by atoms with E-state index in [2.05, 4.69) is 11.1 Å². The summed E-state index contributed by atoms with van der Waals surface area (Å²) in [5.41, 5.74) is 0.662. The molecule has 1 aliphatic carbocycles. The molecule has 1 heterocycles. The molecule has 15 heavy (non-hydrogen) atoms. The highest BCUT2D eigenvalue weighted by Gasteiger charge is 2.36. The molecule has 0 amide bonds. The maximum Gasteiger partial charge on any atom is 0.285 e. The number of aromatic nitrogens is 2. The van der Waals surface area contributed by atoms with Crippen molar-refractivity contribution in [3.8, 4) is 6.07 Å². The summed E-state index contributed by atoms with van der Waals surface area (Å²) in [4.78, 5) is 4.14. The van der Waals surface area contributed by atoms with Crippen LogP contribution < -0.4 is 4.57 Å². The first kappa shape index (κ1) is 10.1. The van der Waals surface area contributed by atoms with Gasteiger partial charge in [-0.1, -0.05) is 17.8 Å². The Morgan fingerprint density at radius 2 is 2.40 bits per heavy atom. The minimum Gasteiger partial charge on any atom is -0.240 e. The fourth-order valence-corrected chi connectivity index (χ4v) is 1.92. The Kier molecular flexibility index (Phi) is 2.44. The Morgan fingerprint density at radius 1 is 1.67 bits per heavy atom. The van der Waals surface area contributed by atoms with Crippen LogP contribution in [0.25, 0.3) is 0 Å². The smallest absolute Gasteiger partial charge is 0.240 e. The topological polar surface area (TPSA) is 40.6 Å². The van der Waals surface area contributed by atoms with E-state index in [-0.39, 0.29) is 5.41 Å². The molecule has 0 aliphatic heterocycles. The van der Waals surface area contributed by atoms with Crippen molar-refractivity contribution in [2.45, 2.75) is 31.6 Å². The van der Waals surface area contributed by atoms with E-state index in [1.165, 1.54) is 12.8 Å². The quantitative estimate of drug-likeness (QED) is 0.697. The lowest BCUT2D eigenvalue weighted by Gasteiger charge is -2.19. The molecule has 0 saturated heterocycles. The number of hydrogen-bond donors (Lipinski definition) is 0. The third kappa shape index (κ3) is 2.15. The molecule has 1 aliphatic rings. The first-order valence-corrected chi connectivity index (χ1v) is 5.36. The fourth-order valence-electron chi connectivity index (χ4n) is 1.92. The molecule has 1 fully saturated rings. The van der Waals surface area contributed by atoms with Crippen LogP contribution in [0.3, 0.4) is 0 Å². The summed E-state index contributed by atoms with van der Waals surface area (Å²) in [5.74, 6) is 0.750. The Balaban J connectivity index is 2.28. The molecule has 1 saturated carbocycles. The average Bonchev–Trinajstić information content (AvgIpc) is 3.01. The van der Waals surface area contributed by atoms with E-state index >= 15 is 0 Å². The summed E-state index contributed by atoms with van der Waals surface area (Å²) < 4.78 is 1.90. The van der Waals surface area contributed by atoms with Gasteiger partial charge in [-0.2, -0.15) is 5.26 Å². The summed E-state index contributed by atoms with van der Waals surface area (Å²) in [5, 5.41) is 9.32. The third-order valence-electron chi connectivity index (χ3n) is 3.08. The molecule has 78 valence electrons. The summed E-state index contributed by atoms with van der Waals surface area (Å²) in [6.45, 7) is 2.02. The van der Waals surface area contributed by atoms with Gasteiger partial charge in [0.2, 0.25) is 0 Å². The second kappa shape index (κ2) is 3.62. The highest BCUT2D eigenvalue weighted by atomic mass is 15.0. The minimum atomic E-state index is -0.368. The van der Waals surface area contributed by atoms with Gasteiger partial charge in [0.15, 0.2) is 0 Å². The van der Waals surface area contributed by atoms with Gasteiger partial charge in [0.05, 0.1) is 30.3 Å². The van der Waals surface area contributed by atoms with Gasteiger partial charge in [-0.25, -0.2) is 4.57 Å². The maximum absolute atomic E-state index is 9.32. The Morgan fingerprint density at radius 3 is 2.93 bits per heavy atom. The van der Waals surface area contributed by atoms with Crippen molar-refractivity contribution in [2.24, 2.45) is 13.0 Å². The lowest BCUT2D eigenvalue weighted by atomic mass is 9.81. The van der Waals surface area contributed by atoms with Gasteiger partial charge in [-0.05, 0) is 19.3 Å². The van der Waals surface area contributed by atoms with Crippen molar-refractivity contribution in [1.82, 2.24) is 4.98 Å².